The number of aromatic nitrogens is 1. The van der Waals surface area contributed by atoms with E-state index in [9.17, 15) is 9.59 Å². The Kier molecular flexibility index (Phi) is 4.63. The summed E-state index contributed by atoms with van der Waals surface area (Å²) >= 11 is 5.77. The molecule has 2 aromatic rings. The van der Waals surface area contributed by atoms with Crippen LogP contribution >= 0.6 is 11.6 Å². The second kappa shape index (κ2) is 6.72. The number of benzene rings is 1. The maximum atomic E-state index is 12.7. The summed E-state index contributed by atoms with van der Waals surface area (Å²) in [7, 11) is 0. The molecule has 0 atom stereocenters. The van der Waals surface area contributed by atoms with Gasteiger partial charge in [-0.25, -0.2) is 4.98 Å². The molecule has 1 aromatic carbocycles. The molecule has 2 heterocycles. The van der Waals surface area contributed by atoms with Crippen LogP contribution in [0.15, 0.2) is 42.6 Å². The van der Waals surface area contributed by atoms with Gasteiger partial charge in [0.1, 0.15) is 11.6 Å². The number of fused-ring (bicyclic) bond motifs is 1. The number of carbonyl (C=O) groups is 2. The first-order valence-electron chi connectivity index (χ1n) is 7.88. The average Bonchev–Trinajstić information content (AvgIpc) is 2.57. The van der Waals surface area contributed by atoms with Crippen LogP contribution in [0.5, 0.6) is 5.75 Å². The van der Waals surface area contributed by atoms with Gasteiger partial charge in [0.25, 0.3) is 5.91 Å². The molecule has 0 radical (unpaired) electrons. The lowest BCUT2D eigenvalue weighted by Crippen LogP contribution is -2.53. The second-order valence-corrected chi connectivity index (χ2v) is 6.63. The summed E-state index contributed by atoms with van der Waals surface area (Å²) in [4.78, 5) is 30.4. The molecule has 1 aliphatic heterocycles. The van der Waals surface area contributed by atoms with Gasteiger partial charge in [0.2, 0.25) is 5.91 Å². The Morgan fingerprint density at radius 2 is 2.04 bits per heavy atom. The van der Waals surface area contributed by atoms with Gasteiger partial charge < -0.3 is 15.0 Å². The number of nitrogens with one attached hydrogen (secondary N) is 1. The molecule has 0 spiro atoms. The lowest BCUT2D eigenvalue weighted by Gasteiger charge is -2.38. The molecule has 1 aliphatic rings. The molecular formula is C18H18ClN3O3. The van der Waals surface area contributed by atoms with Crippen molar-refractivity contribution in [1.29, 1.82) is 0 Å². The summed E-state index contributed by atoms with van der Waals surface area (Å²) in [5.41, 5.74) is -0.299. The molecule has 2 amide bonds. The van der Waals surface area contributed by atoms with Crippen molar-refractivity contribution in [3.05, 3.63) is 47.6 Å². The van der Waals surface area contributed by atoms with E-state index in [1.54, 1.807) is 36.9 Å². The number of hydrogen-bond acceptors (Lipinski definition) is 4. The molecule has 0 bridgehead atoms. The highest BCUT2D eigenvalue weighted by atomic mass is 35.5. The summed E-state index contributed by atoms with van der Waals surface area (Å²) in [6, 6.07) is 10.6. The first kappa shape index (κ1) is 17.2. The molecule has 7 heteroatoms. The quantitative estimate of drug-likeness (QED) is 0.909. The summed E-state index contributed by atoms with van der Waals surface area (Å²) in [6.07, 6.45) is 1.60. The molecule has 0 fully saturated rings. The van der Waals surface area contributed by atoms with Gasteiger partial charge in [0, 0.05) is 19.2 Å². The van der Waals surface area contributed by atoms with Gasteiger partial charge in [-0.1, -0.05) is 23.7 Å². The predicted molar refractivity (Wildman–Crippen MR) is 96.0 cm³/mol. The Hall–Kier alpha value is -2.60. The number of anilines is 2. The Labute approximate surface area is 150 Å². The number of rotatable bonds is 4. The van der Waals surface area contributed by atoms with Crippen molar-refractivity contribution in [2.24, 2.45) is 0 Å². The highest BCUT2D eigenvalue weighted by molar-refractivity contribution is 6.30. The van der Waals surface area contributed by atoms with E-state index in [1.807, 2.05) is 18.2 Å². The number of halogens is 1. The monoisotopic (exact) mass is 359 g/mol. The van der Waals surface area contributed by atoms with Crippen molar-refractivity contribution in [3.8, 4) is 5.75 Å². The molecule has 6 nitrogen and oxygen atoms in total. The smallest absolute Gasteiger partial charge is 0.270 e. The number of para-hydroxylation sites is 2. The van der Waals surface area contributed by atoms with Crippen molar-refractivity contribution in [1.82, 2.24) is 4.98 Å². The van der Waals surface area contributed by atoms with E-state index >= 15 is 0 Å². The lowest BCUT2D eigenvalue weighted by atomic mass is 10.0. The van der Waals surface area contributed by atoms with Crippen molar-refractivity contribution < 1.29 is 14.3 Å². The van der Waals surface area contributed by atoms with Crippen LogP contribution in [0.2, 0.25) is 5.02 Å². The molecule has 0 saturated heterocycles. The van der Waals surface area contributed by atoms with Gasteiger partial charge in [-0.3, -0.25) is 9.59 Å². The topological polar surface area (TPSA) is 71.5 Å². The maximum absolute atomic E-state index is 12.7. The highest BCUT2D eigenvalue weighted by Crippen LogP contribution is 2.37. The third-order valence-corrected chi connectivity index (χ3v) is 4.06. The summed E-state index contributed by atoms with van der Waals surface area (Å²) in [5.74, 6) is 0.642. The standard InChI is InChI=1S/C18H18ClN3O3/c1-18(2)17(24)22(13-5-3-4-6-14(13)25-18)10-9-16(23)21-15-8-7-12(19)11-20-15/h3-8,11H,9-10H2,1-2H3,(H,20,21,23). The molecule has 0 unspecified atom stereocenters. The normalized spacial score (nSPS) is 15.3. The summed E-state index contributed by atoms with van der Waals surface area (Å²) < 4.78 is 5.76. The lowest BCUT2D eigenvalue weighted by molar-refractivity contribution is -0.132. The minimum atomic E-state index is -0.970. The minimum absolute atomic E-state index is 0.139. The maximum Gasteiger partial charge on any atom is 0.270 e. The van der Waals surface area contributed by atoms with E-state index in [1.165, 1.54) is 6.20 Å². The fourth-order valence-electron chi connectivity index (χ4n) is 2.61. The Balaban J connectivity index is 1.70. The SMILES string of the molecule is CC1(C)Oc2ccccc2N(CCC(=O)Nc2ccc(Cl)cn2)C1=O. The first-order chi connectivity index (χ1) is 11.9. The Morgan fingerprint density at radius 3 is 2.76 bits per heavy atom. The molecule has 1 aromatic heterocycles. The number of pyridine rings is 1. The van der Waals surface area contributed by atoms with Crippen LogP contribution in [-0.2, 0) is 9.59 Å². The van der Waals surface area contributed by atoms with Crippen LogP contribution < -0.4 is 15.0 Å². The van der Waals surface area contributed by atoms with Gasteiger partial charge in [0.05, 0.1) is 10.7 Å². The zero-order valence-corrected chi connectivity index (χ0v) is 14.7. The van der Waals surface area contributed by atoms with Gasteiger partial charge in [-0.2, -0.15) is 0 Å². The van der Waals surface area contributed by atoms with Crippen LogP contribution in [0.4, 0.5) is 11.5 Å². The van der Waals surface area contributed by atoms with E-state index in [2.05, 4.69) is 10.3 Å². The van der Waals surface area contributed by atoms with E-state index in [-0.39, 0.29) is 24.8 Å². The fourth-order valence-corrected chi connectivity index (χ4v) is 2.72. The minimum Gasteiger partial charge on any atom is -0.476 e. The molecule has 0 aliphatic carbocycles. The zero-order valence-electron chi connectivity index (χ0n) is 14.0. The molecular weight excluding hydrogens is 342 g/mol. The van der Waals surface area contributed by atoms with Crippen molar-refractivity contribution in [2.75, 3.05) is 16.8 Å². The number of hydrogen-bond donors (Lipinski definition) is 1. The highest BCUT2D eigenvalue weighted by Gasteiger charge is 2.40. The van der Waals surface area contributed by atoms with Gasteiger partial charge in [0.15, 0.2) is 5.60 Å². The molecule has 3 rings (SSSR count). The van der Waals surface area contributed by atoms with Crippen LogP contribution in [0, 0.1) is 0 Å². The third kappa shape index (κ3) is 3.74. The summed E-state index contributed by atoms with van der Waals surface area (Å²) in [6.45, 7) is 3.69. The fraction of sp³-hybridized carbons (Fsp3) is 0.278. The van der Waals surface area contributed by atoms with Gasteiger partial charge in [-0.15, -0.1) is 0 Å². The third-order valence-electron chi connectivity index (χ3n) is 3.84. The summed E-state index contributed by atoms with van der Waals surface area (Å²) in [5, 5.41) is 3.19. The van der Waals surface area contributed by atoms with E-state index in [0.717, 1.165) is 0 Å². The number of nitrogens with zero attached hydrogens (tertiary/aromatic N) is 2. The largest absolute Gasteiger partial charge is 0.476 e. The zero-order chi connectivity index (χ0) is 18.0. The van der Waals surface area contributed by atoms with Gasteiger partial charge in [-0.05, 0) is 38.1 Å². The van der Waals surface area contributed by atoms with Crippen LogP contribution in [0.25, 0.3) is 0 Å². The van der Waals surface area contributed by atoms with E-state index in [4.69, 9.17) is 16.3 Å². The molecule has 0 saturated carbocycles. The average molecular weight is 360 g/mol. The second-order valence-electron chi connectivity index (χ2n) is 6.20. The number of ether oxygens (including phenoxy) is 1. The first-order valence-corrected chi connectivity index (χ1v) is 8.26. The molecule has 1 N–H and O–H groups in total. The molecule has 130 valence electrons. The van der Waals surface area contributed by atoms with Crippen molar-refractivity contribution in [3.63, 3.8) is 0 Å². The van der Waals surface area contributed by atoms with Crippen LogP contribution in [0.1, 0.15) is 20.3 Å². The van der Waals surface area contributed by atoms with E-state index < -0.39 is 5.60 Å². The Bertz CT molecular complexity index is 805. The number of amides is 2. The van der Waals surface area contributed by atoms with Crippen LogP contribution in [0.3, 0.4) is 0 Å². The van der Waals surface area contributed by atoms with Crippen molar-refractivity contribution >= 4 is 34.9 Å². The van der Waals surface area contributed by atoms with Gasteiger partial charge >= 0.3 is 0 Å². The number of carbonyl (C=O) groups excluding carboxylic acids is 2. The van der Waals surface area contributed by atoms with Crippen molar-refractivity contribution in [2.45, 2.75) is 25.9 Å². The predicted octanol–water partition coefficient (Wildman–Crippen LogP) is 3.27. The Morgan fingerprint density at radius 1 is 1.28 bits per heavy atom. The van der Waals surface area contributed by atoms with E-state index in [0.29, 0.717) is 22.3 Å². The van der Waals surface area contributed by atoms with Crippen LogP contribution in [-0.4, -0.2) is 28.9 Å². The molecule has 25 heavy (non-hydrogen) atoms.